The fraction of sp³-hybridized carbons (Fsp3) is 0.143. The van der Waals surface area contributed by atoms with E-state index in [1.54, 1.807) is 0 Å². The molecule has 0 amide bonds. The normalized spacial score (nSPS) is 12.9. The van der Waals surface area contributed by atoms with Crippen molar-refractivity contribution in [1.29, 1.82) is 0 Å². The van der Waals surface area contributed by atoms with Crippen LogP contribution in [-0.4, -0.2) is 19.4 Å². The number of fused-ring (bicyclic) bond motifs is 7. The van der Waals surface area contributed by atoms with E-state index in [-0.39, 0.29) is 28.4 Å². The number of benzene rings is 16. The smallest absolute Gasteiger partial charge is 0.252 e. The van der Waals surface area contributed by atoms with Gasteiger partial charge in [-0.3, -0.25) is 0 Å². The minimum atomic E-state index is -2.89. The Kier molecular flexibility index (Phi) is 18.3. The lowest BCUT2D eigenvalue weighted by Crippen LogP contribution is -2.74. The summed E-state index contributed by atoms with van der Waals surface area (Å²) in [5.74, 6) is 0. The number of nitrogens with zero attached hydrogens (tertiary/aromatic N) is 3. The van der Waals surface area contributed by atoms with Crippen molar-refractivity contribution in [1.82, 2.24) is 4.57 Å². The number of hydrogen-bond acceptors (Lipinski definition) is 2. The van der Waals surface area contributed by atoms with Gasteiger partial charge in [-0.05, 0) is 180 Å². The van der Waals surface area contributed by atoms with Crippen LogP contribution in [0.2, 0.25) is 0 Å². The highest BCUT2D eigenvalue weighted by Gasteiger charge is 2.47. The second-order valence-corrected chi connectivity index (χ2v) is 40.2. The van der Waals surface area contributed by atoms with Crippen LogP contribution >= 0.6 is 0 Å². The monoisotopic (exact) mass is 1520 g/mol. The topological polar surface area (TPSA) is 11.4 Å². The molecule has 3 nitrogen and oxygen atoms in total. The summed E-state index contributed by atoms with van der Waals surface area (Å²) >= 11 is 0. The first-order chi connectivity index (χ1) is 56.6. The van der Waals surface area contributed by atoms with E-state index in [2.05, 4.69) is 474 Å². The number of anilines is 6. The van der Waals surface area contributed by atoms with Crippen LogP contribution in [-0.2, 0) is 21.7 Å². The summed E-state index contributed by atoms with van der Waals surface area (Å²) in [6, 6.07) is 144. The van der Waals surface area contributed by atoms with Crippen LogP contribution in [0, 0.1) is 0 Å². The van der Waals surface area contributed by atoms with Gasteiger partial charge in [0.05, 0.1) is 22.4 Å². The number of rotatable bonds is 13. The van der Waals surface area contributed by atoms with Gasteiger partial charge in [0.15, 0.2) is 8.07 Å². The van der Waals surface area contributed by atoms with E-state index in [4.69, 9.17) is 0 Å². The van der Waals surface area contributed by atoms with E-state index in [9.17, 15) is 0 Å². The molecule has 3 heterocycles. The lowest BCUT2D eigenvalue weighted by Gasteiger charge is -2.46. The maximum atomic E-state index is 2.74. The van der Waals surface area contributed by atoms with Crippen LogP contribution in [0.15, 0.2) is 376 Å². The molecule has 16 aromatic carbocycles. The summed E-state index contributed by atoms with van der Waals surface area (Å²) in [5, 5.41) is 7.89. The Balaban J connectivity index is 0.968. The summed E-state index contributed by atoms with van der Waals surface area (Å²) in [7, 11) is -2.89. The highest BCUT2D eigenvalue weighted by molar-refractivity contribution is 7.20. The van der Waals surface area contributed by atoms with Gasteiger partial charge >= 0.3 is 0 Å². The zero-order valence-electron chi connectivity index (χ0n) is 69.2. The molecule has 117 heavy (non-hydrogen) atoms. The van der Waals surface area contributed by atoms with Crippen LogP contribution in [0.25, 0.3) is 94.3 Å². The van der Waals surface area contributed by atoms with Gasteiger partial charge in [-0.1, -0.05) is 405 Å². The summed E-state index contributed by atoms with van der Waals surface area (Å²) < 4.78 is 2.57. The Hall–Kier alpha value is -12.8. The Labute approximate surface area is 693 Å². The van der Waals surface area contributed by atoms with Crippen molar-refractivity contribution in [2.24, 2.45) is 0 Å². The van der Waals surface area contributed by atoms with E-state index in [1.807, 2.05) is 0 Å². The molecule has 5 heteroatoms. The third-order valence-electron chi connectivity index (χ3n) is 24.9. The SMILES string of the molecule is CC(C)(C)c1cc(-c2cc3c4c(c2)N(c2c(-c5ccccc5)cccc2-c2ccccc2)c2cc(-n5c6ccc(C(C)(C)C)cc6c6cc(C(C)(C)C)ccc65)ccc2B4c2cc(-c4ccc([Si](c5ccccc5)(c5ccccc5)c5ccccc5)cc4)ccc2N3c2c(-c3ccccc3)cccc2-c2ccccc2)cc(C(C)(C)C)c1. The fourth-order valence-corrected chi connectivity index (χ4v) is 23.5. The largest absolute Gasteiger partial charge is 0.310 e. The average molecular weight is 1520 g/mol. The zero-order valence-corrected chi connectivity index (χ0v) is 70.2. The van der Waals surface area contributed by atoms with Crippen molar-refractivity contribution in [2.45, 2.75) is 105 Å². The second-order valence-electron chi connectivity index (χ2n) is 36.4. The molecule has 0 fully saturated rings. The molecule has 0 unspecified atom stereocenters. The van der Waals surface area contributed by atoms with Crippen molar-refractivity contribution in [3.05, 3.63) is 398 Å². The molecule has 0 aliphatic carbocycles. The highest BCUT2D eigenvalue weighted by atomic mass is 28.3. The van der Waals surface area contributed by atoms with Crippen LogP contribution in [0.4, 0.5) is 34.1 Å². The van der Waals surface area contributed by atoms with Crippen molar-refractivity contribution in [3.8, 4) is 72.4 Å². The van der Waals surface area contributed by atoms with Crippen LogP contribution in [0.5, 0.6) is 0 Å². The lowest BCUT2D eigenvalue weighted by molar-refractivity contribution is 0.569. The van der Waals surface area contributed by atoms with Crippen LogP contribution < -0.4 is 46.9 Å². The molecular weight excluding hydrogens is 1430 g/mol. The van der Waals surface area contributed by atoms with Gasteiger partial charge < -0.3 is 14.4 Å². The van der Waals surface area contributed by atoms with Crippen molar-refractivity contribution in [3.63, 3.8) is 0 Å². The number of hydrogen-bond donors (Lipinski definition) is 0. The van der Waals surface area contributed by atoms with Gasteiger partial charge in [0.25, 0.3) is 6.71 Å². The summed E-state index contributed by atoms with van der Waals surface area (Å²) in [4.78, 5) is 5.44. The first-order valence-corrected chi connectivity index (χ1v) is 43.7. The van der Waals surface area contributed by atoms with E-state index in [0.717, 1.165) is 101 Å². The zero-order chi connectivity index (χ0) is 80.3. The maximum Gasteiger partial charge on any atom is 0.252 e. The third-order valence-corrected chi connectivity index (χ3v) is 29.7. The second kappa shape index (κ2) is 28.9. The molecular formula is C112H98BN3Si. The van der Waals surface area contributed by atoms with E-state index in [1.165, 1.54) is 86.8 Å². The Morgan fingerprint density at radius 1 is 0.231 bits per heavy atom. The van der Waals surface area contributed by atoms with E-state index < -0.39 is 8.07 Å². The van der Waals surface area contributed by atoms with Gasteiger partial charge in [0.2, 0.25) is 0 Å². The van der Waals surface area contributed by atoms with Gasteiger partial charge in [-0.25, -0.2) is 0 Å². The molecule has 0 bridgehead atoms. The Morgan fingerprint density at radius 3 is 0.983 bits per heavy atom. The molecule has 2 aliphatic heterocycles. The number of para-hydroxylation sites is 2. The summed E-state index contributed by atoms with van der Waals surface area (Å²) in [6.07, 6.45) is 0. The van der Waals surface area contributed by atoms with Gasteiger partial charge in [-0.2, -0.15) is 0 Å². The molecule has 17 aromatic rings. The predicted octanol–water partition coefficient (Wildman–Crippen LogP) is 25.4. The van der Waals surface area contributed by atoms with Gasteiger partial charge in [0, 0.05) is 61.5 Å². The average Bonchev–Trinajstić information content (AvgIpc) is 0.963. The predicted molar refractivity (Wildman–Crippen MR) is 506 cm³/mol. The molecule has 2 aliphatic rings. The van der Waals surface area contributed by atoms with Crippen LogP contribution in [0.3, 0.4) is 0 Å². The summed E-state index contributed by atoms with van der Waals surface area (Å²) in [5.41, 5.74) is 32.3. The van der Waals surface area contributed by atoms with Gasteiger partial charge in [0.1, 0.15) is 0 Å². The Bertz CT molecular complexity index is 6310. The third kappa shape index (κ3) is 13.0. The van der Waals surface area contributed by atoms with E-state index in [0.29, 0.717) is 0 Å². The maximum absolute atomic E-state index is 2.89. The van der Waals surface area contributed by atoms with Crippen molar-refractivity contribution >= 4 is 108 Å². The molecule has 0 radical (unpaired) electrons. The minimum absolute atomic E-state index is 0.0743. The van der Waals surface area contributed by atoms with E-state index >= 15 is 0 Å². The Morgan fingerprint density at radius 2 is 0.590 bits per heavy atom. The fourth-order valence-electron chi connectivity index (χ4n) is 18.8. The molecule has 1 aromatic heterocycles. The molecule has 19 rings (SSSR count). The lowest BCUT2D eigenvalue weighted by atomic mass is 9.33. The van der Waals surface area contributed by atoms with Gasteiger partial charge in [-0.15, -0.1) is 0 Å². The quantitative estimate of drug-likeness (QED) is 0.0842. The molecule has 0 spiro atoms. The molecule has 568 valence electrons. The van der Waals surface area contributed by atoms with Crippen LogP contribution in [0.1, 0.15) is 105 Å². The molecule has 0 saturated heterocycles. The highest BCUT2D eigenvalue weighted by Crippen LogP contribution is 2.55. The summed E-state index contributed by atoms with van der Waals surface area (Å²) in [6.45, 7) is 27.9. The molecule has 0 saturated carbocycles. The first kappa shape index (κ1) is 74.3. The first-order valence-electron chi connectivity index (χ1n) is 41.7. The molecule has 0 atom stereocenters. The molecule has 0 N–H and O–H groups in total. The number of aromatic nitrogens is 1. The minimum Gasteiger partial charge on any atom is -0.310 e. The van der Waals surface area contributed by atoms with Crippen molar-refractivity contribution in [2.75, 3.05) is 9.80 Å². The van der Waals surface area contributed by atoms with Crippen molar-refractivity contribution < 1.29 is 0 Å². The standard InChI is InChI=1S/C112H98BN3Si/c1-109(2,3)83-57-64-100-96(72-83)97-73-84(110(4,5)6)58-65-101(97)114(100)87-59-62-98-103(74-87)116(108-94(78-40-24-15-25-41-78)52-35-53-95(108)79-42-26-16-27-43-79)105-70-82(81-66-85(111(7,8)9)71-86(67-81)112(10,11)12)69-104-106(105)113(98)99-68-80(56-63-102(99)115(104)107-92(76-36-20-13-21-37-76)50-34-51-93(107)77-38-22-14-23-39-77)75-54-60-91(61-55-75)117(88-44-28-17-29-45-88,89-46-30-18-31-47-89)90-48-32-19-33-49-90/h13-74H,1-12H3.